The van der Waals surface area contributed by atoms with Crippen LogP contribution in [0.4, 0.5) is 31.1 Å². The summed E-state index contributed by atoms with van der Waals surface area (Å²) >= 11 is 0. The van der Waals surface area contributed by atoms with Crippen molar-refractivity contribution < 1.29 is 31.1 Å². The Hall–Kier alpha value is -3.56. The lowest BCUT2D eigenvalue weighted by Crippen LogP contribution is -2.41. The molecule has 10 heteroatoms. The van der Waals surface area contributed by atoms with Gasteiger partial charge in [0.15, 0.2) is 0 Å². The van der Waals surface area contributed by atoms with Crippen molar-refractivity contribution in [2.24, 2.45) is 0 Å². The van der Waals surface area contributed by atoms with Crippen LogP contribution in [0.5, 0.6) is 0 Å². The lowest BCUT2D eigenvalue weighted by molar-refractivity contribution is -0.139. The van der Waals surface area contributed by atoms with Crippen LogP contribution in [0.1, 0.15) is 58.4 Å². The predicted octanol–water partition coefficient (Wildman–Crippen LogP) is 6.59. The largest absolute Gasteiger partial charge is 0.418 e. The van der Waals surface area contributed by atoms with E-state index in [-0.39, 0.29) is 11.6 Å². The van der Waals surface area contributed by atoms with Crippen LogP contribution < -0.4 is 10.6 Å². The Morgan fingerprint density at radius 3 is 2.31 bits per heavy atom. The highest BCUT2D eigenvalue weighted by atomic mass is 19.4. The van der Waals surface area contributed by atoms with Gasteiger partial charge in [-0.2, -0.15) is 26.3 Å². The number of hydrogen-bond donors (Lipinski definition) is 2. The zero-order valence-electron chi connectivity index (χ0n) is 18.3. The molecule has 0 aliphatic heterocycles. The summed E-state index contributed by atoms with van der Waals surface area (Å²) in [4.78, 5) is 16.8. The number of alkyl halides is 6. The fourth-order valence-electron chi connectivity index (χ4n) is 4.30. The lowest BCUT2D eigenvalue weighted by Gasteiger charge is -2.28. The van der Waals surface area contributed by atoms with Crippen LogP contribution in [0.2, 0.25) is 0 Å². The molecule has 1 aromatic heterocycles. The smallest absolute Gasteiger partial charge is 0.331 e. The van der Waals surface area contributed by atoms with Crippen molar-refractivity contribution in [1.29, 1.82) is 0 Å². The van der Waals surface area contributed by atoms with Gasteiger partial charge in [0.2, 0.25) is 0 Å². The maximum atomic E-state index is 13.7. The molecule has 1 unspecified atom stereocenters. The minimum Gasteiger partial charge on any atom is -0.331 e. The molecule has 2 atom stereocenters. The summed E-state index contributed by atoms with van der Waals surface area (Å²) in [6, 6.07) is 10.5. The first-order valence-corrected chi connectivity index (χ1v) is 10.9. The Kier molecular flexibility index (Phi) is 6.73. The molecule has 0 saturated carbocycles. The van der Waals surface area contributed by atoms with Gasteiger partial charge < -0.3 is 10.6 Å². The third-order valence-corrected chi connectivity index (χ3v) is 5.94. The highest BCUT2D eigenvalue weighted by molar-refractivity contribution is 5.75. The van der Waals surface area contributed by atoms with Crippen molar-refractivity contribution in [3.05, 3.63) is 100 Å². The third kappa shape index (κ3) is 5.58. The number of carbonyl (C=O) groups is 1. The minimum absolute atomic E-state index is 0.0291. The molecule has 2 amide bonds. The number of rotatable bonds is 4. The first kappa shape index (κ1) is 24.6. The number of pyridine rings is 1. The SMILES string of the molecule is O=C(NC1CCCc2ccccc21)N[C@@H](c1ccc(C(F)(F)F)cc1)c1ncccc1C(F)(F)F. The van der Waals surface area contributed by atoms with E-state index in [0.717, 1.165) is 66.6 Å². The van der Waals surface area contributed by atoms with Crippen molar-refractivity contribution in [2.75, 3.05) is 0 Å². The van der Waals surface area contributed by atoms with Gasteiger partial charge in [-0.05, 0) is 60.2 Å². The molecule has 184 valence electrons. The van der Waals surface area contributed by atoms with Crippen molar-refractivity contribution in [2.45, 2.75) is 43.7 Å². The average molecular weight is 493 g/mol. The zero-order chi connectivity index (χ0) is 25.2. The number of carbonyl (C=O) groups excluding carboxylic acids is 1. The first-order valence-electron chi connectivity index (χ1n) is 10.9. The van der Waals surface area contributed by atoms with E-state index in [1.807, 2.05) is 24.3 Å². The fraction of sp³-hybridized carbons (Fsp3) is 0.280. The summed E-state index contributed by atoms with van der Waals surface area (Å²) in [6.45, 7) is 0. The van der Waals surface area contributed by atoms with Gasteiger partial charge in [-0.15, -0.1) is 0 Å². The number of amides is 2. The highest BCUT2D eigenvalue weighted by Gasteiger charge is 2.37. The van der Waals surface area contributed by atoms with Crippen LogP contribution in [-0.2, 0) is 18.8 Å². The number of nitrogens with zero attached hydrogens (tertiary/aromatic N) is 1. The lowest BCUT2D eigenvalue weighted by atomic mass is 9.88. The van der Waals surface area contributed by atoms with Crippen LogP contribution in [-0.4, -0.2) is 11.0 Å². The number of benzene rings is 2. The summed E-state index contributed by atoms with van der Waals surface area (Å²) in [6.07, 6.45) is -5.94. The normalized spacial score (nSPS) is 16.8. The maximum absolute atomic E-state index is 13.7. The van der Waals surface area contributed by atoms with Gasteiger partial charge >= 0.3 is 18.4 Å². The number of hydrogen-bond acceptors (Lipinski definition) is 2. The number of halogens is 6. The van der Waals surface area contributed by atoms with Crippen LogP contribution in [0, 0.1) is 0 Å². The Balaban J connectivity index is 1.66. The minimum atomic E-state index is -4.78. The third-order valence-electron chi connectivity index (χ3n) is 5.94. The number of aryl methyl sites for hydroxylation is 1. The monoisotopic (exact) mass is 493 g/mol. The van der Waals surface area contributed by atoms with Crippen LogP contribution in [0.15, 0.2) is 66.9 Å². The Morgan fingerprint density at radius 1 is 0.914 bits per heavy atom. The Bertz CT molecular complexity index is 1190. The second-order valence-electron chi connectivity index (χ2n) is 8.25. The first-order chi connectivity index (χ1) is 16.5. The molecule has 0 spiro atoms. The summed E-state index contributed by atoms with van der Waals surface area (Å²) < 4.78 is 80.2. The van der Waals surface area contributed by atoms with E-state index in [4.69, 9.17) is 0 Å². The maximum Gasteiger partial charge on any atom is 0.418 e. The molecule has 0 fully saturated rings. The Morgan fingerprint density at radius 2 is 1.63 bits per heavy atom. The van der Waals surface area contributed by atoms with Gasteiger partial charge in [0.25, 0.3) is 0 Å². The van der Waals surface area contributed by atoms with E-state index in [2.05, 4.69) is 15.6 Å². The van der Waals surface area contributed by atoms with E-state index in [1.54, 1.807) is 0 Å². The summed E-state index contributed by atoms with van der Waals surface area (Å²) in [5.41, 5.74) is -0.532. The second kappa shape index (κ2) is 9.59. The molecule has 0 bridgehead atoms. The van der Waals surface area contributed by atoms with Gasteiger partial charge in [-0.25, -0.2) is 4.79 Å². The zero-order valence-corrected chi connectivity index (χ0v) is 18.3. The molecule has 2 aromatic carbocycles. The number of aromatic nitrogens is 1. The molecule has 1 aliphatic carbocycles. The van der Waals surface area contributed by atoms with E-state index in [9.17, 15) is 31.1 Å². The second-order valence-corrected chi connectivity index (χ2v) is 8.25. The van der Waals surface area contributed by atoms with Crippen LogP contribution in [0.3, 0.4) is 0 Å². The van der Waals surface area contributed by atoms with Gasteiger partial charge in [0.1, 0.15) is 0 Å². The van der Waals surface area contributed by atoms with Gasteiger partial charge in [-0.1, -0.05) is 36.4 Å². The summed E-state index contributed by atoms with van der Waals surface area (Å²) in [5.74, 6) is 0. The van der Waals surface area contributed by atoms with Crippen molar-refractivity contribution >= 4 is 6.03 Å². The molecule has 4 nitrogen and oxygen atoms in total. The highest BCUT2D eigenvalue weighted by Crippen LogP contribution is 2.37. The molecule has 4 rings (SSSR count). The number of nitrogens with one attached hydrogen (secondary N) is 2. The van der Waals surface area contributed by atoms with Crippen molar-refractivity contribution in [3.63, 3.8) is 0 Å². The van der Waals surface area contributed by atoms with Crippen molar-refractivity contribution in [3.8, 4) is 0 Å². The van der Waals surface area contributed by atoms with Crippen LogP contribution in [0.25, 0.3) is 0 Å². The Labute approximate surface area is 197 Å². The molecule has 2 N–H and O–H groups in total. The molecular formula is C25H21F6N3O. The summed E-state index contributed by atoms with van der Waals surface area (Å²) in [7, 11) is 0. The fourth-order valence-corrected chi connectivity index (χ4v) is 4.30. The average Bonchev–Trinajstić information content (AvgIpc) is 2.82. The molecule has 35 heavy (non-hydrogen) atoms. The van der Waals surface area contributed by atoms with E-state index >= 15 is 0 Å². The van der Waals surface area contributed by atoms with Gasteiger partial charge in [-0.3, -0.25) is 4.98 Å². The predicted molar refractivity (Wildman–Crippen MR) is 116 cm³/mol. The summed E-state index contributed by atoms with van der Waals surface area (Å²) in [5, 5.41) is 5.30. The van der Waals surface area contributed by atoms with Crippen molar-refractivity contribution in [1.82, 2.24) is 15.6 Å². The van der Waals surface area contributed by atoms with Gasteiger partial charge in [0, 0.05) is 6.20 Å². The quantitative estimate of drug-likeness (QED) is 0.403. The standard InChI is InChI=1S/C25H21F6N3O/c26-24(27,28)17-12-10-16(11-13-17)21(22-19(25(29,30)31)8-4-14-32-22)34-23(35)33-20-9-3-6-15-5-1-2-7-18(15)20/h1-2,4-5,7-8,10-14,20-21H,3,6,9H2,(H2,33,34,35)/t20?,21-/m0/s1. The molecule has 1 aliphatic rings. The molecular weight excluding hydrogens is 472 g/mol. The van der Waals surface area contributed by atoms with E-state index < -0.39 is 41.2 Å². The molecule has 0 saturated heterocycles. The molecule has 3 aromatic rings. The molecule has 1 heterocycles. The van der Waals surface area contributed by atoms with Crippen LogP contribution >= 0.6 is 0 Å². The molecule has 0 radical (unpaired) electrons. The number of fused-ring (bicyclic) bond motifs is 1. The van der Waals surface area contributed by atoms with E-state index in [1.165, 1.54) is 0 Å². The van der Waals surface area contributed by atoms with E-state index in [0.29, 0.717) is 6.42 Å². The topological polar surface area (TPSA) is 54.0 Å². The number of urea groups is 1. The van der Waals surface area contributed by atoms with Gasteiger partial charge in [0.05, 0.1) is 28.9 Å².